The summed E-state index contributed by atoms with van der Waals surface area (Å²) in [5, 5.41) is 11.4. The maximum atomic E-state index is 11.4. The Labute approximate surface area is 201 Å². The first-order chi connectivity index (χ1) is 15.5. The van der Waals surface area contributed by atoms with Crippen molar-refractivity contribution in [1.82, 2.24) is 15.2 Å². The van der Waals surface area contributed by atoms with Gasteiger partial charge in [-0.2, -0.15) is 0 Å². The maximum absolute atomic E-state index is 11.4. The van der Waals surface area contributed by atoms with E-state index in [4.69, 9.17) is 5.11 Å². The fourth-order valence-electron chi connectivity index (χ4n) is 2.98. The molecule has 32 heavy (non-hydrogen) atoms. The molecule has 2 rings (SSSR count). The largest absolute Gasteiger partial charge is 0.481 e. The number of unbranched alkanes of at least 4 members (excludes halogenated alkanes) is 3. The molecular weight excluding hydrogens is 442 g/mol. The van der Waals surface area contributed by atoms with Crippen LogP contribution in [0.5, 0.6) is 0 Å². The smallest absolute Gasteiger partial charge is 0.316 e. The van der Waals surface area contributed by atoms with E-state index >= 15 is 0 Å². The van der Waals surface area contributed by atoms with Crippen molar-refractivity contribution in [3.05, 3.63) is 24.3 Å². The van der Waals surface area contributed by atoms with E-state index in [0.717, 1.165) is 14.6 Å². The van der Waals surface area contributed by atoms with E-state index in [1.807, 2.05) is 24.3 Å². The average molecular weight is 482 g/mol. The Balaban J connectivity index is 0.000000347. The number of nitrogens with zero attached hydrogens (tertiary/aromatic N) is 2. The summed E-state index contributed by atoms with van der Waals surface area (Å²) in [6.45, 7) is 10.8. The van der Waals surface area contributed by atoms with Gasteiger partial charge in [0.15, 0.2) is 4.34 Å². The van der Waals surface area contributed by atoms with E-state index in [1.165, 1.54) is 88.3 Å². The molecule has 0 aliphatic carbocycles. The second-order valence-electron chi connectivity index (χ2n) is 7.67. The van der Waals surface area contributed by atoms with Gasteiger partial charge in [-0.3, -0.25) is 9.59 Å². The van der Waals surface area contributed by atoms with E-state index < -0.39 is 17.8 Å². The van der Waals surface area contributed by atoms with Crippen molar-refractivity contribution in [2.75, 3.05) is 32.4 Å². The van der Waals surface area contributed by atoms with Gasteiger partial charge >= 0.3 is 5.97 Å². The van der Waals surface area contributed by atoms with Crippen LogP contribution >= 0.6 is 23.1 Å². The Hall–Kier alpha value is -1.64. The van der Waals surface area contributed by atoms with Gasteiger partial charge in [-0.05, 0) is 51.0 Å². The molecule has 8 heteroatoms. The van der Waals surface area contributed by atoms with E-state index in [2.05, 4.69) is 36.0 Å². The van der Waals surface area contributed by atoms with Crippen LogP contribution in [-0.2, 0) is 9.59 Å². The predicted octanol–water partition coefficient (Wildman–Crippen LogP) is 5.52. The SMILES string of the molecule is CCCCN(CCCC)CCCC.CNC(=O)C(CSc1nc2ccccc2s1)C(=O)O. The molecule has 0 spiro atoms. The first-order valence-electron chi connectivity index (χ1n) is 11.6. The monoisotopic (exact) mass is 481 g/mol. The molecule has 1 unspecified atom stereocenters. The summed E-state index contributed by atoms with van der Waals surface area (Å²) >= 11 is 2.79. The number of rotatable bonds is 14. The van der Waals surface area contributed by atoms with Gasteiger partial charge in [-0.1, -0.05) is 63.9 Å². The topological polar surface area (TPSA) is 82.5 Å². The van der Waals surface area contributed by atoms with Crippen LogP contribution in [0.3, 0.4) is 0 Å². The molecular formula is C24H39N3O3S2. The lowest BCUT2D eigenvalue weighted by Gasteiger charge is -2.21. The lowest BCUT2D eigenvalue weighted by Crippen LogP contribution is -2.34. The molecule has 0 bridgehead atoms. The quantitative estimate of drug-likeness (QED) is 0.273. The van der Waals surface area contributed by atoms with Gasteiger partial charge in [0.25, 0.3) is 0 Å². The maximum Gasteiger partial charge on any atom is 0.316 e. The summed E-state index contributed by atoms with van der Waals surface area (Å²) in [5.41, 5.74) is 0.891. The minimum Gasteiger partial charge on any atom is -0.481 e. The number of fused-ring (bicyclic) bond motifs is 1. The van der Waals surface area contributed by atoms with Crippen molar-refractivity contribution in [2.24, 2.45) is 5.92 Å². The molecule has 1 aromatic carbocycles. The van der Waals surface area contributed by atoms with Crippen molar-refractivity contribution in [3.8, 4) is 0 Å². The highest BCUT2D eigenvalue weighted by atomic mass is 32.2. The number of thiazole rings is 1. The molecule has 1 amide bonds. The number of thioether (sulfide) groups is 1. The van der Waals surface area contributed by atoms with Gasteiger partial charge in [0, 0.05) is 12.8 Å². The van der Waals surface area contributed by atoms with Crippen molar-refractivity contribution in [3.63, 3.8) is 0 Å². The molecule has 0 saturated carbocycles. The summed E-state index contributed by atoms with van der Waals surface area (Å²) in [5.74, 6) is -2.48. The number of hydrogen-bond acceptors (Lipinski definition) is 6. The van der Waals surface area contributed by atoms with Gasteiger partial charge in [0.05, 0.1) is 10.2 Å². The first-order valence-corrected chi connectivity index (χ1v) is 13.4. The zero-order valence-electron chi connectivity index (χ0n) is 19.9. The third kappa shape index (κ3) is 10.8. The van der Waals surface area contributed by atoms with Crippen LogP contribution in [0, 0.1) is 5.92 Å². The summed E-state index contributed by atoms with van der Waals surface area (Å²) < 4.78 is 1.83. The highest BCUT2D eigenvalue weighted by Gasteiger charge is 2.25. The molecule has 2 N–H and O–H groups in total. The number of para-hydroxylation sites is 1. The minimum atomic E-state index is -1.12. The molecule has 2 aromatic rings. The second kappa shape index (κ2) is 16.9. The Morgan fingerprint density at radius 2 is 1.62 bits per heavy atom. The fraction of sp³-hybridized carbons (Fsp3) is 0.625. The summed E-state index contributed by atoms with van der Waals surface area (Å²) in [6, 6.07) is 7.70. The van der Waals surface area contributed by atoms with Crippen molar-refractivity contribution in [2.45, 2.75) is 63.6 Å². The van der Waals surface area contributed by atoms with E-state index in [-0.39, 0.29) is 5.75 Å². The number of aliphatic carboxylic acids is 1. The van der Waals surface area contributed by atoms with Crippen molar-refractivity contribution >= 4 is 45.2 Å². The first kappa shape index (κ1) is 28.4. The lowest BCUT2D eigenvalue weighted by molar-refractivity contribution is -0.145. The van der Waals surface area contributed by atoms with Crippen molar-refractivity contribution < 1.29 is 14.7 Å². The molecule has 0 fully saturated rings. The van der Waals surface area contributed by atoms with Crippen LogP contribution in [0.1, 0.15) is 59.3 Å². The second-order valence-corrected chi connectivity index (χ2v) is 9.96. The van der Waals surface area contributed by atoms with E-state index in [0.29, 0.717) is 0 Å². The van der Waals surface area contributed by atoms with Crippen LogP contribution in [-0.4, -0.2) is 59.3 Å². The molecule has 180 valence electrons. The molecule has 0 aliphatic heterocycles. The van der Waals surface area contributed by atoms with Gasteiger partial charge in [0.1, 0.15) is 5.92 Å². The summed E-state index contributed by atoms with van der Waals surface area (Å²) in [7, 11) is 1.43. The summed E-state index contributed by atoms with van der Waals surface area (Å²) in [6.07, 6.45) is 8.09. The lowest BCUT2D eigenvalue weighted by atomic mass is 10.2. The Bertz CT molecular complexity index is 746. The van der Waals surface area contributed by atoms with Gasteiger partial charge in [-0.15, -0.1) is 11.3 Å². The van der Waals surface area contributed by atoms with E-state index in [1.54, 1.807) is 0 Å². The zero-order valence-corrected chi connectivity index (χ0v) is 21.6. The normalized spacial score (nSPS) is 11.8. The number of nitrogens with one attached hydrogen (secondary N) is 1. The average Bonchev–Trinajstić information content (AvgIpc) is 3.21. The van der Waals surface area contributed by atoms with E-state index in [9.17, 15) is 9.59 Å². The number of carboxylic acids is 1. The molecule has 1 atom stereocenters. The Morgan fingerprint density at radius 3 is 2.09 bits per heavy atom. The highest BCUT2D eigenvalue weighted by Crippen LogP contribution is 2.30. The van der Waals surface area contributed by atoms with Crippen LogP contribution in [0.25, 0.3) is 10.2 Å². The minimum absolute atomic E-state index is 0.175. The Kier molecular flexibility index (Phi) is 15.0. The number of carboxylic acid groups (broad SMARTS) is 1. The predicted molar refractivity (Wildman–Crippen MR) is 137 cm³/mol. The van der Waals surface area contributed by atoms with Crippen LogP contribution in [0.2, 0.25) is 0 Å². The van der Waals surface area contributed by atoms with Crippen molar-refractivity contribution in [1.29, 1.82) is 0 Å². The molecule has 1 aromatic heterocycles. The fourth-order valence-corrected chi connectivity index (χ4v) is 5.15. The zero-order chi connectivity index (χ0) is 23.8. The number of carbonyl (C=O) groups excluding carboxylic acids is 1. The van der Waals surface area contributed by atoms with Crippen LogP contribution < -0.4 is 5.32 Å². The number of amides is 1. The standard InChI is InChI=1S/C12H12N2O3S2.C12H27N/c1-13-10(15)7(11(16)17)6-18-12-14-8-4-2-3-5-9(8)19-12;1-4-7-10-13(11-8-5-2)12-9-6-3/h2-5,7H,6H2,1H3,(H,13,15)(H,16,17);4-12H2,1-3H3. The number of benzene rings is 1. The summed E-state index contributed by atoms with van der Waals surface area (Å²) in [4.78, 5) is 29.4. The van der Waals surface area contributed by atoms with Crippen LogP contribution in [0.4, 0.5) is 0 Å². The van der Waals surface area contributed by atoms with Gasteiger partial charge in [0.2, 0.25) is 5.91 Å². The number of aromatic nitrogens is 1. The molecule has 0 aliphatic rings. The third-order valence-corrected chi connectivity index (χ3v) is 7.27. The Morgan fingerprint density at radius 1 is 1.06 bits per heavy atom. The number of carbonyl (C=O) groups is 2. The molecule has 6 nitrogen and oxygen atoms in total. The third-order valence-electron chi connectivity index (χ3n) is 4.99. The highest BCUT2D eigenvalue weighted by molar-refractivity contribution is 8.01. The molecule has 1 heterocycles. The van der Waals surface area contributed by atoms with Gasteiger partial charge in [-0.25, -0.2) is 4.98 Å². The molecule has 0 saturated heterocycles. The van der Waals surface area contributed by atoms with Crippen LogP contribution in [0.15, 0.2) is 28.6 Å². The van der Waals surface area contributed by atoms with Gasteiger partial charge < -0.3 is 15.3 Å². The number of hydrogen-bond donors (Lipinski definition) is 2. The molecule has 0 radical (unpaired) electrons.